The molecule has 4 heteroatoms. The lowest BCUT2D eigenvalue weighted by Crippen LogP contribution is -2.37. The fourth-order valence-electron chi connectivity index (χ4n) is 2.01. The topological polar surface area (TPSA) is 47.6 Å². The summed E-state index contributed by atoms with van der Waals surface area (Å²) in [6, 6.07) is 5.95. The molecule has 0 fully saturated rings. The van der Waals surface area contributed by atoms with Gasteiger partial charge in [-0.1, -0.05) is 6.07 Å². The highest BCUT2D eigenvalue weighted by molar-refractivity contribution is 5.80. The molecule has 0 saturated heterocycles. The first-order chi connectivity index (χ1) is 9.88. The van der Waals surface area contributed by atoms with Gasteiger partial charge in [0, 0.05) is 13.2 Å². The molecule has 1 aromatic rings. The van der Waals surface area contributed by atoms with E-state index >= 15 is 0 Å². The minimum Gasteiger partial charge on any atom is -0.481 e. The molecule has 0 aliphatic carbocycles. The Hall–Kier alpha value is -1.55. The van der Waals surface area contributed by atoms with E-state index < -0.39 is 6.10 Å². The summed E-state index contributed by atoms with van der Waals surface area (Å²) >= 11 is 0. The van der Waals surface area contributed by atoms with Crippen LogP contribution < -0.4 is 10.1 Å². The lowest BCUT2D eigenvalue weighted by Gasteiger charge is -2.16. The quantitative estimate of drug-likeness (QED) is 0.750. The molecule has 0 aliphatic heterocycles. The molecule has 0 saturated carbocycles. The molecule has 1 N–H and O–H groups in total. The van der Waals surface area contributed by atoms with Crippen LogP contribution in [0.4, 0.5) is 0 Å². The Bertz CT molecular complexity index is 437. The number of carbonyl (C=O) groups excluding carboxylic acids is 1. The molecule has 21 heavy (non-hydrogen) atoms. The number of ether oxygens (including phenoxy) is 2. The second-order valence-corrected chi connectivity index (χ2v) is 5.65. The van der Waals surface area contributed by atoms with E-state index in [2.05, 4.69) is 11.4 Å². The van der Waals surface area contributed by atoms with Crippen molar-refractivity contribution in [3.8, 4) is 5.75 Å². The fourth-order valence-corrected chi connectivity index (χ4v) is 2.01. The van der Waals surface area contributed by atoms with E-state index in [0.717, 1.165) is 23.3 Å². The van der Waals surface area contributed by atoms with Crippen LogP contribution >= 0.6 is 0 Å². The maximum atomic E-state index is 11.9. The van der Waals surface area contributed by atoms with Gasteiger partial charge in [0.15, 0.2) is 6.10 Å². The minimum absolute atomic E-state index is 0.0984. The Morgan fingerprint density at radius 1 is 1.14 bits per heavy atom. The number of rotatable bonds is 8. The van der Waals surface area contributed by atoms with Gasteiger partial charge >= 0.3 is 0 Å². The predicted molar refractivity (Wildman–Crippen MR) is 84.7 cm³/mol. The summed E-state index contributed by atoms with van der Waals surface area (Å²) in [5.41, 5.74) is 2.26. The summed E-state index contributed by atoms with van der Waals surface area (Å²) in [5.74, 6) is 0.636. The van der Waals surface area contributed by atoms with Crippen LogP contribution in [-0.4, -0.2) is 31.3 Å². The van der Waals surface area contributed by atoms with Crippen molar-refractivity contribution in [2.45, 2.75) is 53.2 Å². The molecule has 4 nitrogen and oxygen atoms in total. The van der Waals surface area contributed by atoms with E-state index in [1.807, 2.05) is 39.8 Å². The third-order valence-corrected chi connectivity index (χ3v) is 2.95. The van der Waals surface area contributed by atoms with Crippen LogP contribution in [0.5, 0.6) is 5.75 Å². The van der Waals surface area contributed by atoms with Crippen LogP contribution in [0.1, 0.15) is 38.3 Å². The van der Waals surface area contributed by atoms with E-state index in [-0.39, 0.29) is 12.0 Å². The second kappa shape index (κ2) is 8.67. The Morgan fingerprint density at radius 2 is 1.76 bits per heavy atom. The first-order valence-electron chi connectivity index (χ1n) is 7.52. The Kier molecular flexibility index (Phi) is 7.23. The van der Waals surface area contributed by atoms with Crippen molar-refractivity contribution in [3.63, 3.8) is 0 Å². The van der Waals surface area contributed by atoms with Gasteiger partial charge in [0.2, 0.25) is 0 Å². The highest BCUT2D eigenvalue weighted by Crippen LogP contribution is 2.17. The van der Waals surface area contributed by atoms with Gasteiger partial charge in [-0.2, -0.15) is 0 Å². The van der Waals surface area contributed by atoms with Crippen LogP contribution in [0.3, 0.4) is 0 Å². The second-order valence-electron chi connectivity index (χ2n) is 5.65. The third kappa shape index (κ3) is 7.14. The van der Waals surface area contributed by atoms with Crippen LogP contribution in [0.25, 0.3) is 0 Å². The molecule has 0 radical (unpaired) electrons. The Labute approximate surface area is 127 Å². The molecule has 0 aliphatic rings. The van der Waals surface area contributed by atoms with E-state index in [0.29, 0.717) is 13.2 Å². The van der Waals surface area contributed by atoms with Gasteiger partial charge in [0.25, 0.3) is 5.91 Å². The molecule has 0 spiro atoms. The number of amides is 1. The van der Waals surface area contributed by atoms with Gasteiger partial charge < -0.3 is 14.8 Å². The van der Waals surface area contributed by atoms with Crippen molar-refractivity contribution in [1.29, 1.82) is 0 Å². The maximum absolute atomic E-state index is 11.9. The van der Waals surface area contributed by atoms with Crippen LogP contribution in [0, 0.1) is 13.8 Å². The number of hydrogen-bond acceptors (Lipinski definition) is 3. The van der Waals surface area contributed by atoms with E-state index in [4.69, 9.17) is 9.47 Å². The fraction of sp³-hybridized carbons (Fsp3) is 0.588. The number of carbonyl (C=O) groups is 1. The highest BCUT2D eigenvalue weighted by Gasteiger charge is 2.14. The average Bonchev–Trinajstić information content (AvgIpc) is 2.36. The molecule has 1 rings (SSSR count). The van der Waals surface area contributed by atoms with Gasteiger partial charge in [-0.15, -0.1) is 0 Å². The zero-order valence-electron chi connectivity index (χ0n) is 13.7. The summed E-state index contributed by atoms with van der Waals surface area (Å²) in [6.07, 6.45) is 0.532. The number of hydrogen-bond donors (Lipinski definition) is 1. The molecular formula is C17H27NO3. The standard InChI is InChI=1S/C17H27NO3/c1-12(2)20-8-6-7-18-17(19)15(5)21-16-10-13(3)9-14(4)11-16/h9-12,15H,6-8H2,1-5H3,(H,18,19)/t15-/m0/s1. The number of nitrogens with one attached hydrogen (secondary N) is 1. The van der Waals surface area contributed by atoms with Crippen LogP contribution in [-0.2, 0) is 9.53 Å². The summed E-state index contributed by atoms with van der Waals surface area (Å²) in [7, 11) is 0. The number of aryl methyl sites for hydroxylation is 2. The largest absolute Gasteiger partial charge is 0.481 e. The summed E-state index contributed by atoms with van der Waals surface area (Å²) in [5, 5.41) is 2.86. The van der Waals surface area contributed by atoms with E-state index in [9.17, 15) is 4.79 Å². The summed E-state index contributed by atoms with van der Waals surface area (Å²) < 4.78 is 11.1. The van der Waals surface area contributed by atoms with Crippen molar-refractivity contribution in [1.82, 2.24) is 5.32 Å². The van der Waals surface area contributed by atoms with Gasteiger partial charge in [0.1, 0.15) is 5.75 Å². The van der Waals surface area contributed by atoms with Crippen molar-refractivity contribution in [2.24, 2.45) is 0 Å². The molecule has 1 aromatic carbocycles. The summed E-state index contributed by atoms with van der Waals surface area (Å²) in [6.45, 7) is 11.0. The zero-order chi connectivity index (χ0) is 15.8. The lowest BCUT2D eigenvalue weighted by molar-refractivity contribution is -0.127. The minimum atomic E-state index is -0.503. The van der Waals surface area contributed by atoms with Crippen LogP contribution in [0.15, 0.2) is 18.2 Å². The van der Waals surface area contributed by atoms with Crippen molar-refractivity contribution >= 4 is 5.91 Å². The van der Waals surface area contributed by atoms with Crippen molar-refractivity contribution in [2.75, 3.05) is 13.2 Å². The van der Waals surface area contributed by atoms with Gasteiger partial charge in [-0.25, -0.2) is 0 Å². The van der Waals surface area contributed by atoms with Gasteiger partial charge in [-0.05, 0) is 64.3 Å². The smallest absolute Gasteiger partial charge is 0.260 e. The first kappa shape index (κ1) is 17.5. The van der Waals surface area contributed by atoms with Crippen molar-refractivity contribution < 1.29 is 14.3 Å². The molecule has 1 amide bonds. The molecular weight excluding hydrogens is 266 g/mol. The average molecular weight is 293 g/mol. The summed E-state index contributed by atoms with van der Waals surface area (Å²) in [4.78, 5) is 11.9. The molecule has 0 bridgehead atoms. The molecule has 118 valence electrons. The predicted octanol–water partition coefficient (Wildman–Crippen LogP) is 3.00. The molecule has 1 atom stereocenters. The normalized spacial score (nSPS) is 12.3. The van der Waals surface area contributed by atoms with E-state index in [1.165, 1.54) is 0 Å². The monoisotopic (exact) mass is 293 g/mol. The lowest BCUT2D eigenvalue weighted by atomic mass is 10.1. The molecule has 0 heterocycles. The Balaban J connectivity index is 2.33. The maximum Gasteiger partial charge on any atom is 0.260 e. The molecule has 0 unspecified atom stereocenters. The molecule has 0 aromatic heterocycles. The SMILES string of the molecule is Cc1cc(C)cc(O[C@@H](C)C(=O)NCCCOC(C)C)c1. The highest BCUT2D eigenvalue weighted by atomic mass is 16.5. The van der Waals surface area contributed by atoms with Crippen LogP contribution in [0.2, 0.25) is 0 Å². The Morgan fingerprint density at radius 3 is 2.33 bits per heavy atom. The number of benzene rings is 1. The van der Waals surface area contributed by atoms with E-state index in [1.54, 1.807) is 6.92 Å². The zero-order valence-corrected chi connectivity index (χ0v) is 13.7. The van der Waals surface area contributed by atoms with Gasteiger partial charge in [0.05, 0.1) is 6.10 Å². The van der Waals surface area contributed by atoms with Gasteiger partial charge in [-0.3, -0.25) is 4.79 Å². The van der Waals surface area contributed by atoms with Crippen molar-refractivity contribution in [3.05, 3.63) is 29.3 Å². The first-order valence-corrected chi connectivity index (χ1v) is 7.52. The third-order valence-electron chi connectivity index (χ3n) is 2.95.